The maximum absolute atomic E-state index is 12.8. The van der Waals surface area contributed by atoms with E-state index in [-0.39, 0.29) is 0 Å². The van der Waals surface area contributed by atoms with E-state index in [1.54, 1.807) is 31.3 Å². The van der Waals surface area contributed by atoms with Crippen LogP contribution in [-0.4, -0.2) is 14.4 Å². The third kappa shape index (κ3) is 2.79. The molecule has 6 heteroatoms. The number of rotatable bonds is 0. The summed E-state index contributed by atoms with van der Waals surface area (Å²) in [5.74, 6) is 5.61. The van der Waals surface area contributed by atoms with Gasteiger partial charge in [-0.1, -0.05) is 6.07 Å². The third-order valence-corrected chi connectivity index (χ3v) is 3.01. The summed E-state index contributed by atoms with van der Waals surface area (Å²) < 4.78 is 39.9. The van der Waals surface area contributed by atoms with E-state index in [9.17, 15) is 13.2 Å². The van der Waals surface area contributed by atoms with Crippen LogP contribution >= 0.6 is 0 Å². The Morgan fingerprint density at radius 1 is 1.14 bits per heavy atom. The molecule has 0 bridgehead atoms. The molecule has 22 heavy (non-hydrogen) atoms. The number of pyridine rings is 1. The molecule has 0 aliphatic heterocycles. The summed E-state index contributed by atoms with van der Waals surface area (Å²) in [6.45, 7) is 1.71. The van der Waals surface area contributed by atoms with Crippen LogP contribution in [0.25, 0.3) is 5.52 Å². The van der Waals surface area contributed by atoms with Crippen LogP contribution in [0.4, 0.5) is 13.2 Å². The SMILES string of the molecule is Cc1cn2cc(C(F)(F)F)cc2c(C#Cc2ccccn2)n1. The fourth-order valence-electron chi connectivity index (χ4n) is 2.05. The van der Waals surface area contributed by atoms with Crippen LogP contribution in [0.1, 0.15) is 22.6 Å². The van der Waals surface area contributed by atoms with Crippen LogP contribution in [0.2, 0.25) is 0 Å². The Morgan fingerprint density at radius 2 is 1.95 bits per heavy atom. The molecule has 3 heterocycles. The number of hydrogen-bond acceptors (Lipinski definition) is 2. The monoisotopic (exact) mass is 301 g/mol. The molecule has 0 spiro atoms. The van der Waals surface area contributed by atoms with Crippen molar-refractivity contribution in [2.75, 3.05) is 0 Å². The fraction of sp³-hybridized carbons (Fsp3) is 0.125. The van der Waals surface area contributed by atoms with Crippen molar-refractivity contribution in [1.29, 1.82) is 0 Å². The highest BCUT2D eigenvalue weighted by Crippen LogP contribution is 2.31. The smallest absolute Gasteiger partial charge is 0.319 e. The predicted octanol–water partition coefficient (Wildman–Crippen LogP) is 3.46. The minimum atomic E-state index is -4.40. The standard InChI is InChI=1S/C16H10F3N3/c1-11-9-22-10-12(16(17,18)19)8-15(22)14(21-11)6-5-13-4-2-3-7-20-13/h2-4,7-10H,1H3. The van der Waals surface area contributed by atoms with Crippen LogP contribution < -0.4 is 0 Å². The molecule has 3 nitrogen and oxygen atoms in total. The Morgan fingerprint density at radius 3 is 2.64 bits per heavy atom. The number of halogens is 3. The van der Waals surface area contributed by atoms with Crippen LogP contribution in [0.3, 0.4) is 0 Å². The number of nitrogens with zero attached hydrogens (tertiary/aromatic N) is 3. The first kappa shape index (κ1) is 14.1. The fourth-order valence-corrected chi connectivity index (χ4v) is 2.05. The van der Waals surface area contributed by atoms with E-state index in [0.717, 1.165) is 12.3 Å². The van der Waals surface area contributed by atoms with Gasteiger partial charge in [-0.05, 0) is 37.0 Å². The maximum atomic E-state index is 12.8. The molecule has 0 radical (unpaired) electrons. The van der Waals surface area contributed by atoms with Gasteiger partial charge in [0.2, 0.25) is 0 Å². The highest BCUT2D eigenvalue weighted by atomic mass is 19.4. The molecular weight excluding hydrogens is 291 g/mol. The number of hydrogen-bond donors (Lipinski definition) is 0. The van der Waals surface area contributed by atoms with Gasteiger partial charge in [-0.25, -0.2) is 9.97 Å². The molecule has 0 aliphatic carbocycles. The van der Waals surface area contributed by atoms with Crippen molar-refractivity contribution in [2.45, 2.75) is 13.1 Å². The van der Waals surface area contributed by atoms with Gasteiger partial charge in [-0.2, -0.15) is 13.2 Å². The lowest BCUT2D eigenvalue weighted by atomic mass is 10.2. The van der Waals surface area contributed by atoms with Gasteiger partial charge in [0.05, 0.1) is 16.8 Å². The second kappa shape index (κ2) is 5.19. The van der Waals surface area contributed by atoms with Crippen LogP contribution in [-0.2, 0) is 6.18 Å². The normalized spacial score (nSPS) is 11.3. The molecule has 0 saturated carbocycles. The molecule has 0 aliphatic rings. The van der Waals surface area contributed by atoms with Crippen LogP contribution in [0.15, 0.2) is 42.9 Å². The lowest BCUT2D eigenvalue weighted by Crippen LogP contribution is -2.02. The van der Waals surface area contributed by atoms with Gasteiger partial charge in [-0.3, -0.25) is 0 Å². The molecule has 0 N–H and O–H groups in total. The second-order valence-electron chi connectivity index (χ2n) is 4.71. The zero-order valence-corrected chi connectivity index (χ0v) is 11.5. The Balaban J connectivity index is 2.13. The quantitative estimate of drug-likeness (QED) is 0.595. The van der Waals surface area contributed by atoms with E-state index in [2.05, 4.69) is 21.8 Å². The average Bonchev–Trinajstić information content (AvgIpc) is 2.90. The van der Waals surface area contributed by atoms with Gasteiger partial charge >= 0.3 is 6.18 Å². The molecule has 0 unspecified atom stereocenters. The maximum Gasteiger partial charge on any atom is 0.417 e. The van der Waals surface area contributed by atoms with E-state index in [1.165, 1.54) is 10.6 Å². The predicted molar refractivity (Wildman–Crippen MR) is 75.1 cm³/mol. The Bertz CT molecular complexity index is 884. The molecule has 3 aromatic rings. The first-order chi connectivity index (χ1) is 10.4. The van der Waals surface area contributed by atoms with Gasteiger partial charge in [0.25, 0.3) is 0 Å². The van der Waals surface area contributed by atoms with Crippen molar-refractivity contribution in [3.05, 3.63) is 65.5 Å². The summed E-state index contributed by atoms with van der Waals surface area (Å²) in [7, 11) is 0. The van der Waals surface area contributed by atoms with Crippen molar-refractivity contribution >= 4 is 5.52 Å². The topological polar surface area (TPSA) is 30.2 Å². The summed E-state index contributed by atoms with van der Waals surface area (Å²) in [6, 6.07) is 6.32. The van der Waals surface area contributed by atoms with Crippen molar-refractivity contribution in [3.63, 3.8) is 0 Å². The number of aryl methyl sites for hydroxylation is 1. The van der Waals surface area contributed by atoms with Crippen LogP contribution in [0.5, 0.6) is 0 Å². The number of aromatic nitrogens is 3. The first-order valence-electron chi connectivity index (χ1n) is 6.43. The van der Waals surface area contributed by atoms with Gasteiger partial charge < -0.3 is 4.40 Å². The van der Waals surface area contributed by atoms with Gasteiger partial charge in [0, 0.05) is 18.6 Å². The van der Waals surface area contributed by atoms with Crippen molar-refractivity contribution in [2.24, 2.45) is 0 Å². The Kier molecular flexibility index (Phi) is 3.33. The molecule has 3 rings (SSSR count). The molecular formula is C16H10F3N3. The Labute approximate surface area is 124 Å². The highest BCUT2D eigenvalue weighted by Gasteiger charge is 2.32. The summed E-state index contributed by atoms with van der Waals surface area (Å²) >= 11 is 0. The molecule has 110 valence electrons. The summed E-state index contributed by atoms with van der Waals surface area (Å²) in [5, 5.41) is 0. The summed E-state index contributed by atoms with van der Waals surface area (Å²) in [5.41, 5.74) is 1.01. The van der Waals surface area contributed by atoms with E-state index in [4.69, 9.17) is 0 Å². The van der Waals surface area contributed by atoms with Crippen molar-refractivity contribution < 1.29 is 13.2 Å². The van der Waals surface area contributed by atoms with Gasteiger partial charge in [0.15, 0.2) is 0 Å². The number of alkyl halides is 3. The van der Waals surface area contributed by atoms with Crippen molar-refractivity contribution in [1.82, 2.24) is 14.4 Å². The first-order valence-corrected chi connectivity index (χ1v) is 6.43. The highest BCUT2D eigenvalue weighted by molar-refractivity contribution is 5.62. The zero-order chi connectivity index (χ0) is 15.7. The largest absolute Gasteiger partial charge is 0.417 e. The minimum Gasteiger partial charge on any atom is -0.319 e. The van der Waals surface area contributed by atoms with E-state index < -0.39 is 11.7 Å². The lowest BCUT2D eigenvalue weighted by molar-refractivity contribution is -0.137. The zero-order valence-electron chi connectivity index (χ0n) is 11.5. The average molecular weight is 301 g/mol. The van der Waals surface area contributed by atoms with Crippen molar-refractivity contribution in [3.8, 4) is 11.8 Å². The minimum absolute atomic E-state index is 0.293. The molecule has 0 aromatic carbocycles. The van der Waals surface area contributed by atoms with E-state index in [1.807, 2.05) is 0 Å². The van der Waals surface area contributed by atoms with Crippen LogP contribution in [0, 0.1) is 18.8 Å². The van der Waals surface area contributed by atoms with Gasteiger partial charge in [0.1, 0.15) is 11.4 Å². The molecule has 0 atom stereocenters. The molecule has 0 amide bonds. The number of fused-ring (bicyclic) bond motifs is 1. The lowest BCUT2D eigenvalue weighted by Gasteiger charge is -2.00. The summed E-state index contributed by atoms with van der Waals surface area (Å²) in [4.78, 5) is 8.27. The van der Waals surface area contributed by atoms with E-state index >= 15 is 0 Å². The van der Waals surface area contributed by atoms with E-state index in [0.29, 0.717) is 22.6 Å². The Hall–Kier alpha value is -2.81. The molecule has 0 saturated heterocycles. The molecule has 3 aromatic heterocycles. The van der Waals surface area contributed by atoms with Gasteiger partial charge in [-0.15, -0.1) is 0 Å². The second-order valence-corrected chi connectivity index (χ2v) is 4.71. The molecule has 0 fully saturated rings. The third-order valence-electron chi connectivity index (χ3n) is 3.01. The summed E-state index contributed by atoms with van der Waals surface area (Å²) in [6.07, 6.45) is -0.222.